The van der Waals surface area contributed by atoms with E-state index in [2.05, 4.69) is 5.32 Å². The summed E-state index contributed by atoms with van der Waals surface area (Å²) in [5, 5.41) is 3.31. The predicted molar refractivity (Wildman–Crippen MR) is 87.7 cm³/mol. The summed E-state index contributed by atoms with van der Waals surface area (Å²) < 4.78 is 13.8. The van der Waals surface area contributed by atoms with Crippen LogP contribution in [0.3, 0.4) is 0 Å². The Morgan fingerprint density at radius 3 is 2.39 bits per heavy atom. The molecule has 6 heteroatoms. The van der Waals surface area contributed by atoms with E-state index in [0.29, 0.717) is 11.6 Å². The number of nitrogens with zero attached hydrogens (tertiary/aromatic N) is 1. The molecule has 0 unspecified atom stereocenters. The first-order chi connectivity index (χ1) is 11.0. The van der Waals surface area contributed by atoms with Crippen LogP contribution in [0, 0.1) is 5.82 Å². The maximum Gasteiger partial charge on any atom is 0.240 e. The average Bonchev–Trinajstić information content (AvgIpc) is 2.52. The van der Waals surface area contributed by atoms with E-state index in [4.69, 9.17) is 11.6 Å². The first-order valence-electron chi connectivity index (χ1n) is 7.01. The molecule has 4 nitrogen and oxygen atoms in total. The second-order valence-corrected chi connectivity index (χ2v) is 5.40. The molecule has 0 spiro atoms. The largest absolute Gasteiger partial charge is 0.350 e. The van der Waals surface area contributed by atoms with Crippen molar-refractivity contribution in [3.63, 3.8) is 0 Å². The summed E-state index contributed by atoms with van der Waals surface area (Å²) in [6.45, 7) is 1.35. The van der Waals surface area contributed by atoms with E-state index in [1.807, 2.05) is 0 Å². The first-order valence-corrected chi connectivity index (χ1v) is 7.39. The van der Waals surface area contributed by atoms with Crippen LogP contribution in [-0.4, -0.2) is 18.4 Å². The van der Waals surface area contributed by atoms with Crippen LogP contribution < -0.4 is 10.2 Å². The predicted octanol–water partition coefficient (Wildman–Crippen LogP) is 3.15. The summed E-state index contributed by atoms with van der Waals surface area (Å²) in [5.41, 5.74) is 0.963. The van der Waals surface area contributed by atoms with Gasteiger partial charge in [-0.2, -0.15) is 0 Å². The van der Waals surface area contributed by atoms with Gasteiger partial charge in [-0.25, -0.2) is 4.39 Å². The van der Waals surface area contributed by atoms with Gasteiger partial charge in [0, 0.05) is 18.5 Å². The zero-order valence-electron chi connectivity index (χ0n) is 12.6. The maximum absolute atomic E-state index is 13.8. The summed E-state index contributed by atoms with van der Waals surface area (Å²) in [7, 11) is 0. The molecule has 0 aliphatic rings. The number of halogens is 2. The molecule has 0 bridgehead atoms. The van der Waals surface area contributed by atoms with Crippen LogP contribution in [0.4, 0.5) is 10.1 Å². The standard InChI is InChI=1S/C17H16ClFN2O2/c1-12(22)21(16-5-3-2-4-15(16)19)11-17(23)20-10-13-6-8-14(18)9-7-13/h2-9H,10-11H2,1H3,(H,20,23). The normalized spacial score (nSPS) is 10.2. The number of hydrogen-bond acceptors (Lipinski definition) is 2. The van der Waals surface area contributed by atoms with Crippen LogP contribution in [0.25, 0.3) is 0 Å². The Bertz CT molecular complexity index is 704. The van der Waals surface area contributed by atoms with Crippen LogP contribution in [-0.2, 0) is 16.1 Å². The zero-order valence-corrected chi connectivity index (χ0v) is 13.3. The molecule has 120 valence electrons. The van der Waals surface area contributed by atoms with Crippen molar-refractivity contribution in [2.45, 2.75) is 13.5 Å². The molecular formula is C17H16ClFN2O2. The summed E-state index contributed by atoms with van der Waals surface area (Å²) in [5.74, 6) is -1.33. The summed E-state index contributed by atoms with van der Waals surface area (Å²) in [6.07, 6.45) is 0. The molecule has 0 saturated heterocycles. The van der Waals surface area contributed by atoms with Crippen LogP contribution >= 0.6 is 11.6 Å². The third kappa shape index (κ3) is 4.79. The van der Waals surface area contributed by atoms with Crippen LogP contribution in [0.1, 0.15) is 12.5 Å². The number of nitrogens with one attached hydrogen (secondary N) is 1. The van der Waals surface area contributed by atoms with Crippen molar-refractivity contribution in [2.24, 2.45) is 0 Å². The second kappa shape index (κ2) is 7.74. The van der Waals surface area contributed by atoms with Crippen molar-refractivity contribution in [1.82, 2.24) is 5.32 Å². The molecule has 2 aromatic carbocycles. The molecule has 2 aromatic rings. The average molecular weight is 335 g/mol. The molecular weight excluding hydrogens is 319 g/mol. The van der Waals surface area contributed by atoms with Crippen molar-refractivity contribution in [2.75, 3.05) is 11.4 Å². The van der Waals surface area contributed by atoms with Gasteiger partial charge in [-0.05, 0) is 29.8 Å². The molecule has 2 amide bonds. The minimum absolute atomic E-state index is 0.0849. The molecule has 0 fully saturated rings. The highest BCUT2D eigenvalue weighted by atomic mass is 35.5. The Morgan fingerprint density at radius 2 is 1.78 bits per heavy atom. The Balaban J connectivity index is 2.00. The van der Waals surface area contributed by atoms with Gasteiger partial charge in [0.1, 0.15) is 12.4 Å². The zero-order chi connectivity index (χ0) is 16.8. The van der Waals surface area contributed by atoms with Crippen LogP contribution in [0.2, 0.25) is 5.02 Å². The van der Waals surface area contributed by atoms with Gasteiger partial charge in [-0.1, -0.05) is 35.9 Å². The fourth-order valence-corrected chi connectivity index (χ4v) is 2.17. The molecule has 0 aromatic heterocycles. The lowest BCUT2D eigenvalue weighted by Crippen LogP contribution is -2.40. The topological polar surface area (TPSA) is 49.4 Å². The number of hydrogen-bond donors (Lipinski definition) is 1. The first kappa shape index (κ1) is 17.0. The van der Waals surface area contributed by atoms with Crippen molar-refractivity contribution in [3.8, 4) is 0 Å². The van der Waals surface area contributed by atoms with Crippen molar-refractivity contribution in [1.29, 1.82) is 0 Å². The van der Waals surface area contributed by atoms with Gasteiger partial charge in [0.2, 0.25) is 11.8 Å². The lowest BCUT2D eigenvalue weighted by atomic mass is 10.2. The molecule has 0 aliphatic heterocycles. The summed E-state index contributed by atoms with van der Waals surface area (Å²) in [6, 6.07) is 12.9. The molecule has 0 saturated carbocycles. The molecule has 1 N–H and O–H groups in total. The summed E-state index contributed by atoms with van der Waals surface area (Å²) in [4.78, 5) is 24.8. The molecule has 0 heterocycles. The lowest BCUT2D eigenvalue weighted by molar-refractivity contribution is -0.123. The van der Waals surface area contributed by atoms with E-state index < -0.39 is 11.7 Å². The van der Waals surface area contributed by atoms with Gasteiger partial charge in [0.15, 0.2) is 0 Å². The number of carbonyl (C=O) groups excluding carboxylic acids is 2. The fraction of sp³-hybridized carbons (Fsp3) is 0.176. The highest BCUT2D eigenvalue weighted by Crippen LogP contribution is 2.18. The number of benzene rings is 2. The van der Waals surface area contributed by atoms with E-state index in [1.165, 1.54) is 25.1 Å². The highest BCUT2D eigenvalue weighted by molar-refractivity contribution is 6.30. The van der Waals surface area contributed by atoms with Gasteiger partial charge >= 0.3 is 0 Å². The van der Waals surface area contributed by atoms with Gasteiger partial charge in [-0.15, -0.1) is 0 Å². The van der Waals surface area contributed by atoms with Crippen molar-refractivity contribution in [3.05, 3.63) is 64.9 Å². The van der Waals surface area contributed by atoms with Gasteiger partial charge < -0.3 is 10.2 Å². The third-order valence-electron chi connectivity index (χ3n) is 3.23. The van der Waals surface area contributed by atoms with Crippen molar-refractivity contribution >= 4 is 29.1 Å². The molecule has 23 heavy (non-hydrogen) atoms. The minimum Gasteiger partial charge on any atom is -0.350 e. The van der Waals surface area contributed by atoms with Gasteiger partial charge in [0.05, 0.1) is 5.69 Å². The smallest absolute Gasteiger partial charge is 0.240 e. The van der Waals surface area contributed by atoms with E-state index in [0.717, 1.165) is 10.5 Å². The maximum atomic E-state index is 13.8. The fourth-order valence-electron chi connectivity index (χ4n) is 2.04. The minimum atomic E-state index is -0.548. The highest BCUT2D eigenvalue weighted by Gasteiger charge is 2.18. The third-order valence-corrected chi connectivity index (χ3v) is 3.48. The Kier molecular flexibility index (Phi) is 5.71. The second-order valence-electron chi connectivity index (χ2n) is 4.96. The number of amides is 2. The van der Waals surface area contributed by atoms with Crippen molar-refractivity contribution < 1.29 is 14.0 Å². The lowest BCUT2D eigenvalue weighted by Gasteiger charge is -2.21. The molecule has 0 atom stereocenters. The van der Waals surface area contributed by atoms with Crippen LogP contribution in [0.5, 0.6) is 0 Å². The summed E-state index contributed by atoms with van der Waals surface area (Å²) >= 11 is 5.79. The molecule has 0 radical (unpaired) electrons. The number of carbonyl (C=O) groups is 2. The van der Waals surface area contributed by atoms with E-state index in [9.17, 15) is 14.0 Å². The Labute approximate surface area is 138 Å². The van der Waals surface area contributed by atoms with E-state index in [1.54, 1.807) is 30.3 Å². The number of para-hydroxylation sites is 1. The monoisotopic (exact) mass is 334 g/mol. The number of anilines is 1. The number of rotatable bonds is 5. The van der Waals surface area contributed by atoms with Gasteiger partial charge in [-0.3, -0.25) is 9.59 Å². The van der Waals surface area contributed by atoms with Gasteiger partial charge in [0.25, 0.3) is 0 Å². The Hall–Kier alpha value is -2.40. The van der Waals surface area contributed by atoms with Crippen LogP contribution in [0.15, 0.2) is 48.5 Å². The van der Waals surface area contributed by atoms with E-state index in [-0.39, 0.29) is 18.1 Å². The molecule has 2 rings (SSSR count). The quantitative estimate of drug-likeness (QED) is 0.913. The molecule has 0 aliphatic carbocycles. The van der Waals surface area contributed by atoms with E-state index >= 15 is 0 Å². The Morgan fingerprint density at radius 1 is 1.13 bits per heavy atom. The SMILES string of the molecule is CC(=O)N(CC(=O)NCc1ccc(Cl)cc1)c1ccccc1F.